The quantitative estimate of drug-likeness (QED) is 0.408. The molecule has 0 aliphatic heterocycles. The lowest BCUT2D eigenvalue weighted by molar-refractivity contribution is 1.55. The number of halogens is 1. The van der Waals surface area contributed by atoms with Crippen molar-refractivity contribution >= 4 is 44.1 Å². The SMILES string of the molecule is Cc1cc2c(I)cccc2c2ccccc12. The van der Waals surface area contributed by atoms with Crippen molar-refractivity contribution in [3.05, 3.63) is 57.7 Å². The highest BCUT2D eigenvalue weighted by molar-refractivity contribution is 14.1. The first-order valence-corrected chi connectivity index (χ1v) is 6.42. The lowest BCUT2D eigenvalue weighted by Crippen LogP contribution is -1.84. The van der Waals surface area contributed by atoms with Gasteiger partial charge in [-0.3, -0.25) is 0 Å². The maximum absolute atomic E-state index is 2.41. The number of fused-ring (bicyclic) bond motifs is 3. The molecular formula is C15H11I. The minimum atomic E-state index is 1.32. The molecule has 0 aromatic heterocycles. The molecule has 0 amide bonds. The summed E-state index contributed by atoms with van der Waals surface area (Å²) in [5, 5.41) is 5.43. The third-order valence-electron chi connectivity index (χ3n) is 3.06. The molecule has 0 spiro atoms. The Morgan fingerprint density at radius 1 is 0.750 bits per heavy atom. The molecule has 0 fully saturated rings. The molecule has 3 aromatic carbocycles. The van der Waals surface area contributed by atoms with Crippen LogP contribution in [0, 0.1) is 10.5 Å². The van der Waals surface area contributed by atoms with E-state index in [1.807, 2.05) is 0 Å². The monoisotopic (exact) mass is 318 g/mol. The van der Waals surface area contributed by atoms with E-state index in [0.29, 0.717) is 0 Å². The normalized spacial score (nSPS) is 11.1. The molecule has 0 radical (unpaired) electrons. The Labute approximate surface area is 108 Å². The van der Waals surface area contributed by atoms with Crippen LogP contribution < -0.4 is 0 Å². The Kier molecular flexibility index (Phi) is 2.36. The molecule has 0 saturated heterocycles. The first-order valence-electron chi connectivity index (χ1n) is 5.34. The Morgan fingerprint density at radius 2 is 1.38 bits per heavy atom. The third kappa shape index (κ3) is 1.42. The molecule has 0 aliphatic rings. The molecule has 0 atom stereocenters. The predicted octanol–water partition coefficient (Wildman–Crippen LogP) is 4.91. The third-order valence-corrected chi connectivity index (χ3v) is 4.00. The van der Waals surface area contributed by atoms with Crippen LogP contribution >= 0.6 is 22.6 Å². The van der Waals surface area contributed by atoms with Gasteiger partial charge in [-0.25, -0.2) is 0 Å². The van der Waals surface area contributed by atoms with Crippen LogP contribution in [0.5, 0.6) is 0 Å². The largest absolute Gasteiger partial charge is 0.0616 e. The molecule has 1 heteroatoms. The molecular weight excluding hydrogens is 307 g/mol. The van der Waals surface area contributed by atoms with Crippen LogP contribution in [0.25, 0.3) is 21.5 Å². The van der Waals surface area contributed by atoms with Crippen molar-refractivity contribution in [2.24, 2.45) is 0 Å². The smallest absolute Gasteiger partial charge is 0.0209 e. The van der Waals surface area contributed by atoms with E-state index in [0.717, 1.165) is 0 Å². The number of benzene rings is 3. The van der Waals surface area contributed by atoms with Gasteiger partial charge in [0.2, 0.25) is 0 Å². The minimum absolute atomic E-state index is 1.32. The standard InChI is InChI=1S/C15H11I/c1-10-9-14-13(7-4-8-15(14)16)12-6-3-2-5-11(10)12/h2-9H,1H3. The lowest BCUT2D eigenvalue weighted by atomic mass is 9.98. The highest BCUT2D eigenvalue weighted by atomic mass is 127. The topological polar surface area (TPSA) is 0 Å². The summed E-state index contributed by atoms with van der Waals surface area (Å²) >= 11 is 2.41. The maximum atomic E-state index is 2.41. The van der Waals surface area contributed by atoms with Gasteiger partial charge in [0.05, 0.1) is 0 Å². The number of hydrogen-bond acceptors (Lipinski definition) is 0. The summed E-state index contributed by atoms with van der Waals surface area (Å²) in [5.41, 5.74) is 1.35. The van der Waals surface area contributed by atoms with E-state index in [-0.39, 0.29) is 0 Å². The van der Waals surface area contributed by atoms with Crippen LogP contribution in [0.3, 0.4) is 0 Å². The fourth-order valence-corrected chi connectivity index (χ4v) is 2.93. The average Bonchev–Trinajstić information content (AvgIpc) is 2.31. The second-order valence-electron chi connectivity index (χ2n) is 4.07. The summed E-state index contributed by atoms with van der Waals surface area (Å²) in [7, 11) is 0. The molecule has 0 nitrogen and oxygen atoms in total. The predicted molar refractivity (Wildman–Crippen MR) is 78.9 cm³/mol. The van der Waals surface area contributed by atoms with Gasteiger partial charge in [0.1, 0.15) is 0 Å². The lowest BCUT2D eigenvalue weighted by Gasteiger charge is -2.08. The summed E-state index contributed by atoms with van der Waals surface area (Å²) in [6.45, 7) is 2.19. The molecule has 78 valence electrons. The van der Waals surface area contributed by atoms with E-state index in [1.54, 1.807) is 0 Å². The summed E-state index contributed by atoms with van der Waals surface area (Å²) in [6, 6.07) is 17.4. The fraction of sp³-hybridized carbons (Fsp3) is 0.0667. The Balaban J connectivity index is 2.64. The Morgan fingerprint density at radius 3 is 2.19 bits per heavy atom. The zero-order valence-electron chi connectivity index (χ0n) is 9.00. The van der Waals surface area contributed by atoms with E-state index in [2.05, 4.69) is 78.0 Å². The number of aryl methyl sites for hydroxylation is 1. The summed E-state index contributed by atoms with van der Waals surface area (Å²) in [6.07, 6.45) is 0. The molecule has 0 unspecified atom stereocenters. The van der Waals surface area contributed by atoms with Crippen molar-refractivity contribution in [3.8, 4) is 0 Å². The Hall–Kier alpha value is -1.09. The first kappa shape index (κ1) is 10.1. The molecule has 0 saturated carbocycles. The van der Waals surface area contributed by atoms with Crippen molar-refractivity contribution in [2.75, 3.05) is 0 Å². The van der Waals surface area contributed by atoms with Gasteiger partial charge in [-0.1, -0.05) is 36.4 Å². The van der Waals surface area contributed by atoms with E-state index in [1.165, 1.54) is 30.7 Å². The van der Waals surface area contributed by atoms with Crippen molar-refractivity contribution in [3.63, 3.8) is 0 Å². The zero-order valence-corrected chi connectivity index (χ0v) is 11.2. The fourth-order valence-electron chi connectivity index (χ4n) is 2.27. The zero-order chi connectivity index (χ0) is 11.1. The maximum Gasteiger partial charge on any atom is 0.0209 e. The van der Waals surface area contributed by atoms with E-state index in [9.17, 15) is 0 Å². The molecule has 0 aliphatic carbocycles. The molecule has 0 N–H and O–H groups in total. The van der Waals surface area contributed by atoms with Crippen molar-refractivity contribution in [1.82, 2.24) is 0 Å². The molecule has 0 heterocycles. The minimum Gasteiger partial charge on any atom is -0.0616 e. The van der Waals surface area contributed by atoms with Gasteiger partial charge >= 0.3 is 0 Å². The summed E-state index contributed by atoms with van der Waals surface area (Å²) < 4.78 is 1.32. The van der Waals surface area contributed by atoms with Gasteiger partial charge < -0.3 is 0 Å². The van der Waals surface area contributed by atoms with Gasteiger partial charge in [-0.15, -0.1) is 0 Å². The highest BCUT2D eigenvalue weighted by Crippen LogP contribution is 2.30. The number of hydrogen-bond donors (Lipinski definition) is 0. The van der Waals surface area contributed by atoms with Gasteiger partial charge in [-0.2, -0.15) is 0 Å². The molecule has 3 aromatic rings. The van der Waals surface area contributed by atoms with Crippen molar-refractivity contribution in [1.29, 1.82) is 0 Å². The van der Waals surface area contributed by atoms with Crippen LogP contribution in [0.2, 0.25) is 0 Å². The highest BCUT2D eigenvalue weighted by Gasteiger charge is 2.04. The molecule has 16 heavy (non-hydrogen) atoms. The summed E-state index contributed by atoms with van der Waals surface area (Å²) in [4.78, 5) is 0. The van der Waals surface area contributed by atoms with Crippen LogP contribution in [0.15, 0.2) is 48.5 Å². The molecule has 0 bridgehead atoms. The van der Waals surface area contributed by atoms with E-state index < -0.39 is 0 Å². The van der Waals surface area contributed by atoms with Gasteiger partial charge in [-0.05, 0) is 68.8 Å². The Bertz CT molecular complexity index is 678. The average molecular weight is 318 g/mol. The van der Waals surface area contributed by atoms with E-state index in [4.69, 9.17) is 0 Å². The van der Waals surface area contributed by atoms with Crippen molar-refractivity contribution in [2.45, 2.75) is 6.92 Å². The van der Waals surface area contributed by atoms with Crippen molar-refractivity contribution < 1.29 is 0 Å². The summed E-state index contributed by atoms with van der Waals surface area (Å²) in [5.74, 6) is 0. The first-order chi connectivity index (χ1) is 7.77. The van der Waals surface area contributed by atoms with Gasteiger partial charge in [0, 0.05) is 3.57 Å². The van der Waals surface area contributed by atoms with Gasteiger partial charge in [0.25, 0.3) is 0 Å². The number of rotatable bonds is 0. The van der Waals surface area contributed by atoms with Crippen LogP contribution in [-0.4, -0.2) is 0 Å². The molecule has 3 rings (SSSR count). The van der Waals surface area contributed by atoms with Crippen LogP contribution in [0.1, 0.15) is 5.56 Å². The second kappa shape index (κ2) is 3.74. The van der Waals surface area contributed by atoms with E-state index >= 15 is 0 Å². The second-order valence-corrected chi connectivity index (χ2v) is 5.24. The van der Waals surface area contributed by atoms with Crippen LogP contribution in [0.4, 0.5) is 0 Å². The van der Waals surface area contributed by atoms with Crippen LogP contribution in [-0.2, 0) is 0 Å². The van der Waals surface area contributed by atoms with Gasteiger partial charge in [0.15, 0.2) is 0 Å².